The molecule has 2 aromatic carbocycles. The Morgan fingerprint density at radius 3 is 2.50 bits per heavy atom. The van der Waals surface area contributed by atoms with Gasteiger partial charge in [0.2, 0.25) is 5.91 Å². The number of methoxy groups -OCH3 is 1. The van der Waals surface area contributed by atoms with Crippen molar-refractivity contribution in [2.24, 2.45) is 0 Å². The summed E-state index contributed by atoms with van der Waals surface area (Å²) >= 11 is 1.57. The molecule has 0 spiro atoms. The summed E-state index contributed by atoms with van der Waals surface area (Å²) in [5.41, 5.74) is 3.10. The van der Waals surface area contributed by atoms with E-state index < -0.39 is 0 Å². The van der Waals surface area contributed by atoms with Gasteiger partial charge in [-0.25, -0.2) is 0 Å². The van der Waals surface area contributed by atoms with E-state index in [1.165, 1.54) is 12.5 Å². The van der Waals surface area contributed by atoms with Crippen molar-refractivity contribution in [1.29, 1.82) is 0 Å². The van der Waals surface area contributed by atoms with Crippen LogP contribution in [0.4, 0.5) is 5.69 Å². The van der Waals surface area contributed by atoms with Crippen LogP contribution < -0.4 is 14.8 Å². The second-order valence-electron chi connectivity index (χ2n) is 4.93. The van der Waals surface area contributed by atoms with Crippen LogP contribution in [0.2, 0.25) is 0 Å². The molecule has 0 saturated carbocycles. The molecule has 2 aromatic rings. The van der Waals surface area contributed by atoms with Crippen LogP contribution in [-0.4, -0.2) is 13.0 Å². The fourth-order valence-corrected chi connectivity index (χ4v) is 2.75. The molecular formula is C17H20N2O2S. The number of rotatable bonds is 6. The van der Waals surface area contributed by atoms with E-state index in [0.717, 1.165) is 28.4 Å². The number of carbonyl (C=O) groups excluding carboxylic acids is 1. The predicted molar refractivity (Wildman–Crippen MR) is 91.2 cm³/mol. The van der Waals surface area contributed by atoms with Crippen LogP contribution in [0.15, 0.2) is 47.4 Å². The van der Waals surface area contributed by atoms with Crippen molar-refractivity contribution in [2.45, 2.75) is 25.3 Å². The lowest BCUT2D eigenvalue weighted by atomic mass is 10.2. The van der Waals surface area contributed by atoms with Gasteiger partial charge in [0.1, 0.15) is 5.75 Å². The van der Waals surface area contributed by atoms with Crippen LogP contribution in [0, 0.1) is 6.92 Å². The van der Waals surface area contributed by atoms with E-state index in [-0.39, 0.29) is 5.91 Å². The Bertz CT molecular complexity index is 642. The lowest BCUT2D eigenvalue weighted by molar-refractivity contribution is -0.114. The fraction of sp³-hybridized carbons (Fsp3) is 0.235. The molecule has 116 valence electrons. The number of hydrogen-bond acceptors (Lipinski definition) is 4. The van der Waals surface area contributed by atoms with Gasteiger partial charge in [0, 0.05) is 24.1 Å². The Morgan fingerprint density at radius 2 is 1.91 bits per heavy atom. The monoisotopic (exact) mass is 316 g/mol. The average molecular weight is 316 g/mol. The summed E-state index contributed by atoms with van der Waals surface area (Å²) < 4.78 is 8.47. The molecular weight excluding hydrogens is 296 g/mol. The summed E-state index contributed by atoms with van der Waals surface area (Å²) in [7, 11) is 1.66. The maximum Gasteiger partial charge on any atom is 0.221 e. The first-order valence-electron chi connectivity index (χ1n) is 6.99. The predicted octanol–water partition coefficient (Wildman–Crippen LogP) is 3.76. The standard InChI is InChI=1S/C17H20N2O2S/c1-12-10-16(8-9-17(12)19-13(2)20)22-18-11-14-4-6-15(21-3)7-5-14/h4-10,18H,11H2,1-3H3,(H,19,20). The molecule has 0 aliphatic heterocycles. The molecule has 22 heavy (non-hydrogen) atoms. The van der Waals surface area contributed by atoms with Gasteiger partial charge < -0.3 is 10.1 Å². The van der Waals surface area contributed by atoms with Crippen LogP contribution in [0.5, 0.6) is 5.75 Å². The lowest BCUT2D eigenvalue weighted by Crippen LogP contribution is -2.07. The average Bonchev–Trinajstić information content (AvgIpc) is 2.50. The minimum atomic E-state index is -0.0545. The van der Waals surface area contributed by atoms with Crippen molar-refractivity contribution < 1.29 is 9.53 Å². The van der Waals surface area contributed by atoms with E-state index in [1.54, 1.807) is 19.1 Å². The summed E-state index contributed by atoms with van der Waals surface area (Å²) in [5.74, 6) is 0.807. The molecule has 1 amide bonds. The summed E-state index contributed by atoms with van der Waals surface area (Å²) in [6, 6.07) is 14.0. The van der Waals surface area contributed by atoms with Gasteiger partial charge in [-0.1, -0.05) is 12.1 Å². The van der Waals surface area contributed by atoms with E-state index in [9.17, 15) is 4.79 Å². The van der Waals surface area contributed by atoms with Gasteiger partial charge in [0.05, 0.1) is 7.11 Å². The summed E-state index contributed by atoms with van der Waals surface area (Å²) in [6.07, 6.45) is 0. The Labute approximate surface area is 135 Å². The summed E-state index contributed by atoms with van der Waals surface area (Å²) in [4.78, 5) is 12.2. The minimum Gasteiger partial charge on any atom is -0.497 e. The lowest BCUT2D eigenvalue weighted by Gasteiger charge is -2.09. The maximum atomic E-state index is 11.1. The molecule has 0 aliphatic carbocycles. The Kier molecular flexibility index (Phi) is 5.86. The highest BCUT2D eigenvalue weighted by Gasteiger charge is 2.02. The molecule has 0 heterocycles. The molecule has 4 nitrogen and oxygen atoms in total. The molecule has 0 radical (unpaired) electrons. The van der Waals surface area contributed by atoms with E-state index in [1.807, 2.05) is 43.3 Å². The van der Waals surface area contributed by atoms with Gasteiger partial charge in [-0.2, -0.15) is 0 Å². The highest BCUT2D eigenvalue weighted by Crippen LogP contribution is 2.23. The maximum absolute atomic E-state index is 11.1. The topological polar surface area (TPSA) is 50.4 Å². The summed E-state index contributed by atoms with van der Waals surface area (Å²) in [6.45, 7) is 4.26. The molecule has 5 heteroatoms. The number of amides is 1. The molecule has 2 rings (SSSR count). The normalized spacial score (nSPS) is 10.3. The Balaban J connectivity index is 1.88. The first-order valence-corrected chi connectivity index (χ1v) is 7.81. The third-order valence-electron chi connectivity index (χ3n) is 3.13. The van der Waals surface area contributed by atoms with Crippen LogP contribution in [0.3, 0.4) is 0 Å². The van der Waals surface area contributed by atoms with Gasteiger partial charge in [-0.05, 0) is 60.3 Å². The molecule has 0 aromatic heterocycles. The molecule has 0 aliphatic rings. The van der Waals surface area contributed by atoms with Crippen LogP contribution >= 0.6 is 11.9 Å². The third kappa shape index (κ3) is 4.79. The second-order valence-corrected chi connectivity index (χ2v) is 5.89. The van der Waals surface area contributed by atoms with Gasteiger partial charge in [0.15, 0.2) is 0 Å². The summed E-state index contributed by atoms with van der Waals surface area (Å²) in [5, 5.41) is 2.81. The van der Waals surface area contributed by atoms with Crippen molar-refractivity contribution in [3.05, 3.63) is 53.6 Å². The number of hydrogen-bond donors (Lipinski definition) is 2. The fourth-order valence-electron chi connectivity index (χ4n) is 1.98. The van der Waals surface area contributed by atoms with Gasteiger partial charge in [-0.15, -0.1) is 0 Å². The van der Waals surface area contributed by atoms with E-state index >= 15 is 0 Å². The smallest absolute Gasteiger partial charge is 0.221 e. The molecule has 0 fully saturated rings. The van der Waals surface area contributed by atoms with Gasteiger partial charge in [-0.3, -0.25) is 9.52 Å². The van der Waals surface area contributed by atoms with Crippen molar-refractivity contribution in [2.75, 3.05) is 12.4 Å². The second kappa shape index (κ2) is 7.87. The van der Waals surface area contributed by atoms with Crippen LogP contribution in [0.1, 0.15) is 18.1 Å². The zero-order valence-corrected chi connectivity index (χ0v) is 13.8. The highest BCUT2D eigenvalue weighted by molar-refractivity contribution is 7.97. The van der Waals surface area contributed by atoms with Crippen molar-refractivity contribution in [1.82, 2.24) is 4.72 Å². The Hall–Kier alpha value is -1.98. The number of aryl methyl sites for hydroxylation is 1. The number of benzene rings is 2. The van der Waals surface area contributed by atoms with E-state index in [0.29, 0.717) is 0 Å². The highest BCUT2D eigenvalue weighted by atomic mass is 32.2. The van der Waals surface area contributed by atoms with Crippen molar-refractivity contribution in [3.8, 4) is 5.75 Å². The van der Waals surface area contributed by atoms with E-state index in [2.05, 4.69) is 16.1 Å². The molecule has 0 atom stereocenters. The quantitative estimate of drug-likeness (QED) is 0.797. The largest absolute Gasteiger partial charge is 0.497 e. The number of nitrogens with one attached hydrogen (secondary N) is 2. The Morgan fingerprint density at radius 1 is 1.18 bits per heavy atom. The first kappa shape index (κ1) is 16.4. The first-order chi connectivity index (χ1) is 10.6. The molecule has 2 N–H and O–H groups in total. The van der Waals surface area contributed by atoms with Gasteiger partial charge >= 0.3 is 0 Å². The van der Waals surface area contributed by atoms with Crippen LogP contribution in [0.25, 0.3) is 0 Å². The minimum absolute atomic E-state index is 0.0545. The molecule has 0 unspecified atom stereocenters. The molecule has 0 bridgehead atoms. The third-order valence-corrected chi connectivity index (χ3v) is 3.91. The SMILES string of the molecule is COc1ccc(CNSc2ccc(NC(C)=O)c(C)c2)cc1. The van der Waals surface area contributed by atoms with Crippen LogP contribution in [-0.2, 0) is 11.3 Å². The number of anilines is 1. The van der Waals surface area contributed by atoms with Crippen molar-refractivity contribution >= 4 is 23.5 Å². The van der Waals surface area contributed by atoms with Gasteiger partial charge in [0.25, 0.3) is 0 Å². The number of ether oxygens (including phenoxy) is 1. The van der Waals surface area contributed by atoms with E-state index in [4.69, 9.17) is 4.74 Å². The zero-order chi connectivity index (χ0) is 15.9. The van der Waals surface area contributed by atoms with Crippen molar-refractivity contribution in [3.63, 3.8) is 0 Å². The zero-order valence-electron chi connectivity index (χ0n) is 13.0. The number of carbonyl (C=O) groups is 1. The molecule has 0 saturated heterocycles.